The number of thiophene rings is 1. The Morgan fingerprint density at radius 3 is 2.71 bits per heavy atom. The molecule has 3 heterocycles. The maximum absolute atomic E-state index is 13.2. The molecule has 0 N–H and O–H groups in total. The summed E-state index contributed by atoms with van der Waals surface area (Å²) in [5.41, 5.74) is 1.38. The van der Waals surface area contributed by atoms with E-state index in [-0.39, 0.29) is 5.56 Å². The molecule has 24 heavy (non-hydrogen) atoms. The SMILES string of the molecule is C=CCn1c(N2CCN(C)CC2)nc2sc3c(c2c1=O)CCCC3. The third kappa shape index (κ3) is 2.58. The molecule has 0 spiro atoms. The highest BCUT2D eigenvalue weighted by atomic mass is 32.1. The molecule has 0 amide bonds. The molecule has 128 valence electrons. The monoisotopic (exact) mass is 344 g/mol. The molecule has 0 radical (unpaired) electrons. The highest BCUT2D eigenvalue weighted by molar-refractivity contribution is 7.18. The van der Waals surface area contributed by atoms with E-state index in [9.17, 15) is 4.79 Å². The molecule has 1 aliphatic carbocycles. The van der Waals surface area contributed by atoms with Gasteiger partial charge < -0.3 is 9.80 Å². The van der Waals surface area contributed by atoms with Crippen LogP contribution in [0.5, 0.6) is 0 Å². The standard InChI is InChI=1S/C18H24N4OS/c1-3-8-22-17(23)15-13-6-4-5-7-14(13)24-16(15)19-18(22)21-11-9-20(2)10-12-21/h3H,1,4-12H2,2H3. The Bertz CT molecular complexity index is 830. The number of rotatable bonds is 3. The predicted molar refractivity (Wildman–Crippen MR) is 100 cm³/mol. The summed E-state index contributed by atoms with van der Waals surface area (Å²) in [6, 6.07) is 0. The van der Waals surface area contributed by atoms with Crippen LogP contribution in [0.15, 0.2) is 17.4 Å². The third-order valence-corrected chi connectivity index (χ3v) is 6.34. The first-order valence-electron chi connectivity index (χ1n) is 8.78. The van der Waals surface area contributed by atoms with Crippen LogP contribution in [0, 0.1) is 0 Å². The molecule has 5 nitrogen and oxygen atoms in total. The molecule has 1 saturated heterocycles. The van der Waals surface area contributed by atoms with Gasteiger partial charge in [0.15, 0.2) is 0 Å². The fraction of sp³-hybridized carbons (Fsp3) is 0.556. The van der Waals surface area contributed by atoms with Gasteiger partial charge in [0, 0.05) is 37.6 Å². The quantitative estimate of drug-likeness (QED) is 0.801. The molecule has 0 saturated carbocycles. The Morgan fingerprint density at radius 2 is 1.96 bits per heavy atom. The fourth-order valence-corrected chi connectivity index (χ4v) is 5.02. The lowest BCUT2D eigenvalue weighted by molar-refractivity contribution is 0.310. The van der Waals surface area contributed by atoms with E-state index in [1.54, 1.807) is 17.4 Å². The maximum atomic E-state index is 13.2. The number of piperazine rings is 1. The zero-order valence-electron chi connectivity index (χ0n) is 14.3. The lowest BCUT2D eigenvalue weighted by Crippen LogP contribution is -2.46. The van der Waals surface area contributed by atoms with Crippen LogP contribution in [0.1, 0.15) is 23.3 Å². The van der Waals surface area contributed by atoms with E-state index in [1.165, 1.54) is 23.3 Å². The molecule has 1 aliphatic heterocycles. The predicted octanol–water partition coefficient (Wildman–Crippen LogP) is 2.27. The molecule has 6 heteroatoms. The molecule has 4 rings (SSSR count). The lowest BCUT2D eigenvalue weighted by Gasteiger charge is -2.34. The van der Waals surface area contributed by atoms with E-state index < -0.39 is 0 Å². The van der Waals surface area contributed by atoms with Crippen LogP contribution in [0.2, 0.25) is 0 Å². The molecule has 0 atom stereocenters. The third-order valence-electron chi connectivity index (χ3n) is 5.15. The van der Waals surface area contributed by atoms with Crippen molar-refractivity contribution in [2.24, 2.45) is 0 Å². The van der Waals surface area contributed by atoms with Gasteiger partial charge in [-0.1, -0.05) is 6.08 Å². The van der Waals surface area contributed by atoms with Gasteiger partial charge in [-0.2, -0.15) is 0 Å². The average molecular weight is 344 g/mol. The van der Waals surface area contributed by atoms with Crippen LogP contribution < -0.4 is 10.5 Å². The van der Waals surface area contributed by atoms with Crippen molar-refractivity contribution in [3.63, 3.8) is 0 Å². The number of nitrogens with zero attached hydrogens (tertiary/aromatic N) is 4. The first kappa shape index (κ1) is 15.8. The number of hydrogen-bond acceptors (Lipinski definition) is 5. The summed E-state index contributed by atoms with van der Waals surface area (Å²) in [5.74, 6) is 0.819. The Balaban J connectivity index is 1.88. The van der Waals surface area contributed by atoms with E-state index in [0.717, 1.165) is 55.2 Å². The van der Waals surface area contributed by atoms with Crippen molar-refractivity contribution in [2.75, 3.05) is 38.1 Å². The molecule has 2 aliphatic rings. The summed E-state index contributed by atoms with van der Waals surface area (Å²) in [6.07, 6.45) is 6.33. The van der Waals surface area contributed by atoms with Crippen LogP contribution in [0.3, 0.4) is 0 Å². The molecule has 2 aromatic heterocycles. The fourth-order valence-electron chi connectivity index (χ4n) is 3.77. The number of fused-ring (bicyclic) bond motifs is 3. The first-order valence-corrected chi connectivity index (χ1v) is 9.60. The van der Waals surface area contributed by atoms with Crippen molar-refractivity contribution in [3.05, 3.63) is 33.4 Å². The van der Waals surface area contributed by atoms with Gasteiger partial charge in [-0.15, -0.1) is 17.9 Å². The van der Waals surface area contributed by atoms with Crippen LogP contribution in [-0.4, -0.2) is 47.7 Å². The van der Waals surface area contributed by atoms with Gasteiger partial charge in [0.1, 0.15) is 4.83 Å². The van der Waals surface area contributed by atoms with Gasteiger partial charge in [0.25, 0.3) is 5.56 Å². The van der Waals surface area contributed by atoms with Gasteiger partial charge in [-0.3, -0.25) is 9.36 Å². The number of anilines is 1. The molecule has 1 fully saturated rings. The van der Waals surface area contributed by atoms with Gasteiger partial charge in [-0.05, 0) is 38.3 Å². The summed E-state index contributed by atoms with van der Waals surface area (Å²) < 4.78 is 1.82. The van der Waals surface area contributed by atoms with Gasteiger partial charge in [0.05, 0.1) is 5.39 Å². The topological polar surface area (TPSA) is 41.4 Å². The van der Waals surface area contributed by atoms with Crippen molar-refractivity contribution in [2.45, 2.75) is 32.2 Å². The van der Waals surface area contributed by atoms with Crippen LogP contribution in [0.25, 0.3) is 10.2 Å². The molecule has 2 aromatic rings. The van der Waals surface area contributed by atoms with Crippen molar-refractivity contribution in [1.82, 2.24) is 14.5 Å². The van der Waals surface area contributed by atoms with E-state index in [1.807, 2.05) is 4.57 Å². The van der Waals surface area contributed by atoms with Crippen molar-refractivity contribution < 1.29 is 0 Å². The largest absolute Gasteiger partial charge is 0.340 e. The molecule has 0 bridgehead atoms. The number of aryl methyl sites for hydroxylation is 2. The summed E-state index contributed by atoms with van der Waals surface area (Å²) >= 11 is 1.73. The Labute approximate surface area is 146 Å². The lowest BCUT2D eigenvalue weighted by atomic mass is 9.97. The summed E-state index contributed by atoms with van der Waals surface area (Å²) in [4.78, 5) is 25.0. The Morgan fingerprint density at radius 1 is 1.21 bits per heavy atom. The van der Waals surface area contributed by atoms with Gasteiger partial charge in [-0.25, -0.2) is 4.98 Å². The Kier molecular flexibility index (Phi) is 4.18. The minimum absolute atomic E-state index is 0.119. The highest BCUT2D eigenvalue weighted by Crippen LogP contribution is 2.34. The molecular weight excluding hydrogens is 320 g/mol. The number of hydrogen-bond donors (Lipinski definition) is 0. The van der Waals surface area contributed by atoms with Gasteiger partial charge >= 0.3 is 0 Å². The number of aromatic nitrogens is 2. The smallest absolute Gasteiger partial charge is 0.264 e. The average Bonchev–Trinajstić information content (AvgIpc) is 2.97. The van der Waals surface area contributed by atoms with E-state index in [4.69, 9.17) is 4.98 Å². The van der Waals surface area contributed by atoms with Crippen molar-refractivity contribution in [1.29, 1.82) is 0 Å². The van der Waals surface area contributed by atoms with E-state index in [2.05, 4.69) is 23.4 Å². The van der Waals surface area contributed by atoms with E-state index >= 15 is 0 Å². The minimum Gasteiger partial charge on any atom is -0.340 e. The number of likely N-dealkylation sites (N-methyl/N-ethyl adjacent to an activating group) is 1. The van der Waals surface area contributed by atoms with Crippen LogP contribution >= 0.6 is 11.3 Å². The molecular formula is C18H24N4OS. The van der Waals surface area contributed by atoms with Crippen LogP contribution in [0.4, 0.5) is 5.95 Å². The Hall–Kier alpha value is -1.66. The summed E-state index contributed by atoms with van der Waals surface area (Å²) in [6.45, 7) is 8.19. The highest BCUT2D eigenvalue weighted by Gasteiger charge is 2.25. The normalized spacial score (nSPS) is 18.8. The summed E-state index contributed by atoms with van der Waals surface area (Å²) in [7, 11) is 2.14. The van der Waals surface area contributed by atoms with Crippen molar-refractivity contribution >= 4 is 27.5 Å². The second-order valence-corrected chi connectivity index (χ2v) is 7.88. The van der Waals surface area contributed by atoms with Crippen molar-refractivity contribution in [3.8, 4) is 0 Å². The number of allylic oxidation sites excluding steroid dienone is 1. The molecule has 0 aromatic carbocycles. The zero-order chi connectivity index (χ0) is 16.7. The van der Waals surface area contributed by atoms with Crippen LogP contribution in [-0.2, 0) is 19.4 Å². The maximum Gasteiger partial charge on any atom is 0.264 e. The van der Waals surface area contributed by atoms with Gasteiger partial charge in [0.2, 0.25) is 5.95 Å². The first-order chi connectivity index (χ1) is 11.7. The summed E-state index contributed by atoms with van der Waals surface area (Å²) in [5, 5.41) is 0.870. The molecule has 0 unspecified atom stereocenters. The minimum atomic E-state index is 0.119. The second-order valence-electron chi connectivity index (χ2n) is 6.80. The second kappa shape index (κ2) is 6.33. The zero-order valence-corrected chi connectivity index (χ0v) is 15.1. The van der Waals surface area contributed by atoms with E-state index in [0.29, 0.717) is 6.54 Å².